The van der Waals surface area contributed by atoms with Crippen molar-refractivity contribution in [2.24, 2.45) is 0 Å². The second-order valence-corrected chi connectivity index (χ2v) is 5.80. The average molecular weight is 292 g/mol. The number of benzene rings is 2. The van der Waals surface area contributed by atoms with Crippen molar-refractivity contribution < 1.29 is 4.79 Å². The van der Waals surface area contributed by atoms with Gasteiger partial charge in [0.15, 0.2) is 5.78 Å². The second-order valence-electron chi connectivity index (χ2n) is 5.80. The van der Waals surface area contributed by atoms with Crippen LogP contribution in [0.5, 0.6) is 0 Å². The number of aromatic nitrogens is 1. The number of Topliss-reactive ketones (excluding diaryl/α,β-unsaturated/α-hetero) is 1. The zero-order valence-electron chi connectivity index (χ0n) is 13.1. The molecule has 3 heteroatoms. The van der Waals surface area contributed by atoms with Gasteiger partial charge in [-0.3, -0.25) is 4.79 Å². The SMILES string of the molecule is Cc1ccc(N[C@@H](C)C(=O)c2c[nH]c3ccccc23)c(C)c1. The van der Waals surface area contributed by atoms with Crippen molar-refractivity contribution in [2.75, 3.05) is 5.32 Å². The first-order valence-corrected chi connectivity index (χ1v) is 7.50. The number of hydrogen-bond acceptors (Lipinski definition) is 2. The van der Waals surface area contributed by atoms with Crippen molar-refractivity contribution in [3.05, 3.63) is 65.4 Å². The molecule has 3 aromatic rings. The number of aromatic amines is 1. The number of aryl methyl sites for hydroxylation is 2. The largest absolute Gasteiger partial charge is 0.375 e. The average Bonchev–Trinajstić information content (AvgIpc) is 2.93. The van der Waals surface area contributed by atoms with Crippen molar-refractivity contribution in [1.82, 2.24) is 4.98 Å². The lowest BCUT2D eigenvalue weighted by Crippen LogP contribution is -2.26. The van der Waals surface area contributed by atoms with Crippen molar-refractivity contribution in [3.8, 4) is 0 Å². The van der Waals surface area contributed by atoms with E-state index in [2.05, 4.69) is 36.3 Å². The molecule has 0 unspecified atom stereocenters. The molecule has 112 valence electrons. The van der Waals surface area contributed by atoms with Gasteiger partial charge in [0.1, 0.15) is 0 Å². The maximum Gasteiger partial charge on any atom is 0.186 e. The summed E-state index contributed by atoms with van der Waals surface area (Å²) in [7, 11) is 0. The summed E-state index contributed by atoms with van der Waals surface area (Å²) < 4.78 is 0. The Morgan fingerprint density at radius 1 is 1.14 bits per heavy atom. The summed E-state index contributed by atoms with van der Waals surface area (Å²) in [4.78, 5) is 15.9. The fourth-order valence-corrected chi connectivity index (χ4v) is 2.78. The molecule has 2 aromatic carbocycles. The molecular weight excluding hydrogens is 272 g/mol. The molecule has 22 heavy (non-hydrogen) atoms. The molecule has 0 bridgehead atoms. The molecule has 0 saturated heterocycles. The topological polar surface area (TPSA) is 44.9 Å². The molecule has 0 amide bonds. The lowest BCUT2D eigenvalue weighted by atomic mass is 10.0. The van der Waals surface area contributed by atoms with Gasteiger partial charge in [-0.05, 0) is 38.5 Å². The first-order chi connectivity index (χ1) is 10.6. The summed E-state index contributed by atoms with van der Waals surface area (Å²) in [5.41, 5.74) is 5.11. The third-order valence-corrected chi connectivity index (χ3v) is 4.00. The Hall–Kier alpha value is -2.55. The van der Waals surface area contributed by atoms with E-state index in [0.717, 1.165) is 27.7 Å². The molecule has 1 aromatic heterocycles. The van der Waals surface area contributed by atoms with E-state index in [9.17, 15) is 4.79 Å². The summed E-state index contributed by atoms with van der Waals surface area (Å²) in [5, 5.41) is 4.30. The lowest BCUT2D eigenvalue weighted by Gasteiger charge is -2.16. The van der Waals surface area contributed by atoms with Crippen LogP contribution in [0.15, 0.2) is 48.7 Å². The first kappa shape index (κ1) is 14.4. The maximum atomic E-state index is 12.7. The van der Waals surface area contributed by atoms with Crippen LogP contribution in [0.3, 0.4) is 0 Å². The number of ketones is 1. The highest BCUT2D eigenvalue weighted by atomic mass is 16.1. The number of H-pyrrole nitrogens is 1. The van der Waals surface area contributed by atoms with Crippen LogP contribution in [0.1, 0.15) is 28.4 Å². The standard InChI is InChI=1S/C19H20N2O/c1-12-8-9-17(13(2)10-12)21-14(3)19(22)16-11-20-18-7-5-4-6-15(16)18/h4-11,14,20-21H,1-3H3/t14-/m0/s1. The van der Waals surface area contributed by atoms with Gasteiger partial charge < -0.3 is 10.3 Å². The second kappa shape index (κ2) is 5.68. The van der Waals surface area contributed by atoms with Gasteiger partial charge in [0.2, 0.25) is 0 Å². The highest BCUT2D eigenvalue weighted by Crippen LogP contribution is 2.22. The number of fused-ring (bicyclic) bond motifs is 1. The molecule has 1 atom stereocenters. The molecule has 1 heterocycles. The van der Waals surface area contributed by atoms with Crippen LogP contribution in [-0.4, -0.2) is 16.8 Å². The minimum atomic E-state index is -0.277. The minimum Gasteiger partial charge on any atom is -0.375 e. The van der Waals surface area contributed by atoms with Crippen LogP contribution in [0.25, 0.3) is 10.9 Å². The zero-order valence-corrected chi connectivity index (χ0v) is 13.1. The molecule has 0 aliphatic rings. The van der Waals surface area contributed by atoms with Crippen molar-refractivity contribution in [1.29, 1.82) is 0 Å². The Morgan fingerprint density at radius 2 is 1.91 bits per heavy atom. The molecular formula is C19H20N2O. The minimum absolute atomic E-state index is 0.0948. The molecule has 3 rings (SSSR count). The summed E-state index contributed by atoms with van der Waals surface area (Å²) >= 11 is 0. The third kappa shape index (κ3) is 2.62. The fourth-order valence-electron chi connectivity index (χ4n) is 2.78. The van der Waals surface area contributed by atoms with Crippen molar-refractivity contribution >= 4 is 22.4 Å². The summed E-state index contributed by atoms with van der Waals surface area (Å²) in [5.74, 6) is 0.0948. The number of rotatable bonds is 4. The van der Waals surface area contributed by atoms with Gasteiger partial charge in [-0.1, -0.05) is 35.9 Å². The molecule has 2 N–H and O–H groups in total. The highest BCUT2D eigenvalue weighted by molar-refractivity contribution is 6.11. The molecule has 0 radical (unpaired) electrons. The zero-order chi connectivity index (χ0) is 15.7. The highest BCUT2D eigenvalue weighted by Gasteiger charge is 2.19. The van der Waals surface area contributed by atoms with Gasteiger partial charge in [0, 0.05) is 28.4 Å². The number of carbonyl (C=O) groups is 1. The van der Waals surface area contributed by atoms with E-state index in [1.165, 1.54) is 5.56 Å². The Morgan fingerprint density at radius 3 is 2.68 bits per heavy atom. The summed E-state index contributed by atoms with van der Waals surface area (Å²) in [6.45, 7) is 6.03. The monoisotopic (exact) mass is 292 g/mol. The Labute approximate surface area is 130 Å². The summed E-state index contributed by atoms with van der Waals surface area (Å²) in [6.07, 6.45) is 1.80. The van der Waals surface area contributed by atoms with Gasteiger partial charge in [0.25, 0.3) is 0 Å². The van der Waals surface area contributed by atoms with E-state index in [1.54, 1.807) is 6.20 Å². The number of carbonyl (C=O) groups excluding carboxylic acids is 1. The Balaban J connectivity index is 1.85. The van der Waals surface area contributed by atoms with E-state index < -0.39 is 0 Å². The van der Waals surface area contributed by atoms with Crippen LogP contribution < -0.4 is 5.32 Å². The predicted octanol–water partition coefficient (Wildman–Crippen LogP) is 4.47. The predicted molar refractivity (Wildman–Crippen MR) is 91.6 cm³/mol. The van der Waals surface area contributed by atoms with E-state index in [0.29, 0.717) is 0 Å². The van der Waals surface area contributed by atoms with E-state index in [1.807, 2.05) is 37.3 Å². The van der Waals surface area contributed by atoms with Gasteiger partial charge in [-0.25, -0.2) is 0 Å². The van der Waals surface area contributed by atoms with Gasteiger partial charge in [0.05, 0.1) is 6.04 Å². The van der Waals surface area contributed by atoms with Crippen molar-refractivity contribution in [3.63, 3.8) is 0 Å². The van der Waals surface area contributed by atoms with E-state index >= 15 is 0 Å². The van der Waals surface area contributed by atoms with Crippen LogP contribution in [0.2, 0.25) is 0 Å². The van der Waals surface area contributed by atoms with E-state index in [4.69, 9.17) is 0 Å². The molecule has 0 saturated carbocycles. The van der Waals surface area contributed by atoms with Crippen LogP contribution in [0.4, 0.5) is 5.69 Å². The first-order valence-electron chi connectivity index (χ1n) is 7.50. The van der Waals surface area contributed by atoms with Gasteiger partial charge >= 0.3 is 0 Å². The molecule has 0 fully saturated rings. The van der Waals surface area contributed by atoms with Gasteiger partial charge in [-0.2, -0.15) is 0 Å². The van der Waals surface area contributed by atoms with Crippen molar-refractivity contribution in [2.45, 2.75) is 26.8 Å². The Bertz CT molecular complexity index is 832. The summed E-state index contributed by atoms with van der Waals surface area (Å²) in [6, 6.07) is 13.8. The number of anilines is 1. The number of hydrogen-bond donors (Lipinski definition) is 2. The van der Waals surface area contributed by atoms with Crippen LogP contribution in [0, 0.1) is 13.8 Å². The van der Waals surface area contributed by atoms with Crippen LogP contribution >= 0.6 is 0 Å². The normalized spacial score (nSPS) is 12.3. The molecule has 0 aliphatic heterocycles. The van der Waals surface area contributed by atoms with E-state index in [-0.39, 0.29) is 11.8 Å². The lowest BCUT2D eigenvalue weighted by molar-refractivity contribution is 0.0977. The number of para-hydroxylation sites is 1. The molecule has 0 aliphatic carbocycles. The number of nitrogens with one attached hydrogen (secondary N) is 2. The maximum absolute atomic E-state index is 12.7. The molecule has 3 nitrogen and oxygen atoms in total. The molecule has 0 spiro atoms. The fraction of sp³-hybridized carbons (Fsp3) is 0.211. The van der Waals surface area contributed by atoms with Crippen LogP contribution in [-0.2, 0) is 0 Å². The van der Waals surface area contributed by atoms with Gasteiger partial charge in [-0.15, -0.1) is 0 Å². The smallest absolute Gasteiger partial charge is 0.186 e. The third-order valence-electron chi connectivity index (χ3n) is 4.00. The Kier molecular flexibility index (Phi) is 3.72. The quantitative estimate of drug-likeness (QED) is 0.697.